The largest absolute Gasteiger partial charge is 0.391 e. The summed E-state index contributed by atoms with van der Waals surface area (Å²) >= 11 is 3.77. The molecule has 1 aromatic carbocycles. The van der Waals surface area contributed by atoms with Crippen LogP contribution in [0.15, 0.2) is 30.1 Å². The van der Waals surface area contributed by atoms with Crippen molar-refractivity contribution in [3.63, 3.8) is 0 Å². The molecular formula is C30H34N3OPS2. The minimum atomic E-state index is 0.0815. The van der Waals surface area contributed by atoms with Gasteiger partial charge in [0.05, 0.1) is 18.2 Å². The van der Waals surface area contributed by atoms with E-state index in [1.54, 1.807) is 11.3 Å². The number of hydrogen-bond donors (Lipinski definition) is 1. The van der Waals surface area contributed by atoms with Gasteiger partial charge in [0.2, 0.25) is 0 Å². The van der Waals surface area contributed by atoms with Crippen LogP contribution in [0.4, 0.5) is 5.69 Å². The fourth-order valence-electron chi connectivity index (χ4n) is 7.02. The highest BCUT2D eigenvalue weighted by Gasteiger charge is 2.55. The lowest BCUT2D eigenvalue weighted by Crippen LogP contribution is -2.47. The van der Waals surface area contributed by atoms with Crippen molar-refractivity contribution in [2.45, 2.75) is 81.7 Å². The Balaban J connectivity index is 1.36. The minimum absolute atomic E-state index is 0.0815. The number of benzene rings is 1. The number of rotatable bonds is 4. The maximum atomic E-state index is 10.00. The van der Waals surface area contributed by atoms with Gasteiger partial charge >= 0.3 is 0 Å². The zero-order valence-corrected chi connectivity index (χ0v) is 24.4. The van der Waals surface area contributed by atoms with Gasteiger partial charge in [0, 0.05) is 60.9 Å². The molecule has 2 aliphatic heterocycles. The number of aliphatic hydroxyl groups is 1. The molecule has 2 unspecified atom stereocenters. The van der Waals surface area contributed by atoms with Crippen LogP contribution < -0.4 is 4.90 Å². The van der Waals surface area contributed by atoms with Gasteiger partial charge in [-0.3, -0.25) is 0 Å². The molecule has 3 fully saturated rings. The first-order chi connectivity index (χ1) is 17.8. The van der Waals surface area contributed by atoms with E-state index < -0.39 is 0 Å². The van der Waals surface area contributed by atoms with Crippen molar-refractivity contribution in [3.05, 3.63) is 46.1 Å². The molecular weight excluding hydrogens is 513 g/mol. The Hall–Kier alpha value is -1.61. The number of aliphatic hydroxyl groups excluding tert-OH is 1. The first-order valence-corrected chi connectivity index (χ1v) is 16.1. The van der Waals surface area contributed by atoms with Gasteiger partial charge in [-0.25, -0.2) is 4.31 Å². The molecule has 0 amide bonds. The third-order valence-corrected chi connectivity index (χ3v) is 12.4. The van der Waals surface area contributed by atoms with E-state index in [4.69, 9.17) is 0 Å². The lowest BCUT2D eigenvalue weighted by atomic mass is 9.75. The molecule has 4 heterocycles. The fourth-order valence-corrected chi connectivity index (χ4v) is 10.6. The van der Waals surface area contributed by atoms with E-state index in [0.717, 1.165) is 29.4 Å². The summed E-state index contributed by atoms with van der Waals surface area (Å²) in [6.45, 7) is 9.36. The first kappa shape index (κ1) is 24.4. The van der Waals surface area contributed by atoms with Gasteiger partial charge in [-0.05, 0) is 100 Å². The topological polar surface area (TPSA) is 50.5 Å². The molecule has 1 N–H and O–H groups in total. The van der Waals surface area contributed by atoms with E-state index in [1.165, 1.54) is 72.5 Å². The molecule has 7 rings (SSSR count). The highest BCUT2D eigenvalue weighted by Crippen LogP contribution is 2.60. The molecule has 192 valence electrons. The highest BCUT2D eigenvalue weighted by atomic mass is 32.2. The van der Waals surface area contributed by atoms with Crippen LogP contribution in [-0.4, -0.2) is 38.8 Å². The van der Waals surface area contributed by atoms with Crippen LogP contribution in [0, 0.1) is 17.2 Å². The van der Waals surface area contributed by atoms with Gasteiger partial charge in [0.1, 0.15) is 0 Å². The molecule has 3 aromatic rings. The molecule has 3 atom stereocenters. The third-order valence-electron chi connectivity index (χ3n) is 8.85. The second kappa shape index (κ2) is 8.70. The standard InChI is InChI=1S/C30H34N3OPS2/c1-29(2,3)37-33-16-20(13-30(33)6-4-7-30)32-15-19-11-23(19)25-10-18(14-31)9-24(27(25)32)22-5-8-35-26-12-21(17-34)36-28(22)26/h5,8-10,12,19-20,23,34H,4,6-7,11,13,15-17H2,1-3H3/t19?,20-,23?/m0/s1. The molecule has 2 saturated carbocycles. The van der Waals surface area contributed by atoms with Crippen LogP contribution in [0.2, 0.25) is 0 Å². The molecule has 1 spiro atoms. The van der Waals surface area contributed by atoms with Crippen LogP contribution >= 0.6 is 31.5 Å². The predicted octanol–water partition coefficient (Wildman–Crippen LogP) is 7.88. The Morgan fingerprint density at radius 1 is 1.22 bits per heavy atom. The van der Waals surface area contributed by atoms with E-state index in [9.17, 15) is 10.4 Å². The van der Waals surface area contributed by atoms with Gasteiger partial charge in [0.15, 0.2) is 0 Å². The minimum Gasteiger partial charge on any atom is -0.391 e. The van der Waals surface area contributed by atoms with Crippen molar-refractivity contribution in [2.24, 2.45) is 5.92 Å². The lowest BCUT2D eigenvalue weighted by molar-refractivity contribution is 0.136. The summed E-state index contributed by atoms with van der Waals surface area (Å²) in [7, 11) is 1.18. The third kappa shape index (κ3) is 4.05. The summed E-state index contributed by atoms with van der Waals surface area (Å²) in [5.41, 5.74) is 6.37. The van der Waals surface area contributed by atoms with E-state index >= 15 is 0 Å². The summed E-state index contributed by atoms with van der Waals surface area (Å²) in [4.78, 5) is 3.79. The Bertz CT molecular complexity index is 1430. The number of anilines is 1. The number of nitriles is 1. The predicted molar refractivity (Wildman–Crippen MR) is 158 cm³/mol. The van der Waals surface area contributed by atoms with Crippen LogP contribution in [0.3, 0.4) is 0 Å². The van der Waals surface area contributed by atoms with E-state index in [-0.39, 0.29) is 11.4 Å². The molecule has 4 nitrogen and oxygen atoms in total. The van der Waals surface area contributed by atoms with Gasteiger partial charge in [-0.1, -0.05) is 20.1 Å². The Morgan fingerprint density at radius 2 is 2.05 bits per heavy atom. The van der Waals surface area contributed by atoms with E-state index in [1.807, 2.05) is 0 Å². The van der Waals surface area contributed by atoms with Crippen molar-refractivity contribution in [1.82, 2.24) is 4.31 Å². The number of hydrogen-bond acceptors (Lipinski definition) is 6. The van der Waals surface area contributed by atoms with Gasteiger partial charge in [-0.2, -0.15) is 5.26 Å². The maximum Gasteiger partial charge on any atom is 0.0991 e. The molecule has 0 bridgehead atoms. The molecule has 37 heavy (non-hydrogen) atoms. The van der Waals surface area contributed by atoms with Crippen molar-refractivity contribution < 1.29 is 5.11 Å². The first-order valence-electron chi connectivity index (χ1n) is 13.6. The van der Waals surface area contributed by atoms with Crippen molar-refractivity contribution in [3.8, 4) is 17.2 Å². The Kier molecular flexibility index (Phi) is 5.74. The van der Waals surface area contributed by atoms with Crippen LogP contribution in [-0.2, 0) is 6.61 Å². The molecule has 2 aromatic heterocycles. The average molecular weight is 548 g/mol. The number of nitrogens with zero attached hydrogens (tertiary/aromatic N) is 3. The van der Waals surface area contributed by atoms with E-state index in [2.05, 4.69) is 78.1 Å². The maximum absolute atomic E-state index is 10.00. The van der Waals surface area contributed by atoms with Crippen LogP contribution in [0.25, 0.3) is 20.9 Å². The molecule has 7 heteroatoms. The smallest absolute Gasteiger partial charge is 0.0991 e. The SMILES string of the molecule is CC(C)(C)SN1C[C@@H](N2CC3CC3c3cc(C#N)cc(-c4ccpc5cc(CO)sc45)c32)CC12CCC2. The summed E-state index contributed by atoms with van der Waals surface area (Å²) in [6, 6.07) is 11.7. The van der Waals surface area contributed by atoms with Gasteiger partial charge < -0.3 is 10.0 Å². The number of fused-ring (bicyclic) bond motifs is 4. The second-order valence-electron chi connectivity index (χ2n) is 12.5. The lowest BCUT2D eigenvalue weighted by Gasteiger charge is -2.47. The highest BCUT2D eigenvalue weighted by molar-refractivity contribution is 7.98. The van der Waals surface area contributed by atoms with Crippen molar-refractivity contribution >= 4 is 47.0 Å². The Labute approximate surface area is 229 Å². The van der Waals surface area contributed by atoms with Crippen molar-refractivity contribution in [2.75, 3.05) is 18.0 Å². The molecule has 4 aliphatic rings. The monoisotopic (exact) mass is 547 g/mol. The summed E-state index contributed by atoms with van der Waals surface area (Å²) in [6.07, 6.45) is 6.48. The van der Waals surface area contributed by atoms with Crippen LogP contribution in [0.5, 0.6) is 0 Å². The molecule has 2 aliphatic carbocycles. The second-order valence-corrected chi connectivity index (χ2v) is 16.5. The zero-order chi connectivity index (χ0) is 25.5. The Morgan fingerprint density at radius 3 is 2.76 bits per heavy atom. The summed E-state index contributed by atoms with van der Waals surface area (Å²) < 4.78 is 4.24. The molecule has 1 saturated heterocycles. The van der Waals surface area contributed by atoms with Crippen LogP contribution in [0.1, 0.15) is 74.8 Å². The van der Waals surface area contributed by atoms with Crippen molar-refractivity contribution in [1.29, 1.82) is 5.26 Å². The van der Waals surface area contributed by atoms with Gasteiger partial charge in [0.25, 0.3) is 0 Å². The molecule has 0 radical (unpaired) electrons. The zero-order valence-electron chi connectivity index (χ0n) is 21.8. The van der Waals surface area contributed by atoms with Gasteiger partial charge in [-0.15, -0.1) is 11.3 Å². The fraction of sp³-hybridized carbons (Fsp3) is 0.533. The summed E-state index contributed by atoms with van der Waals surface area (Å²) in [5, 5.41) is 21.1. The number of thiophene rings is 1. The summed E-state index contributed by atoms with van der Waals surface area (Å²) in [5.74, 6) is 3.55. The van der Waals surface area contributed by atoms with E-state index in [0.29, 0.717) is 17.5 Å². The average Bonchev–Trinajstić information content (AvgIpc) is 3.35. The normalized spacial score (nSPS) is 26.4. The quantitative estimate of drug-likeness (QED) is 0.337.